The molecule has 0 aliphatic heterocycles. The molecule has 0 N–H and O–H groups in total. The summed E-state index contributed by atoms with van der Waals surface area (Å²) in [6.07, 6.45) is 1.68. The van der Waals surface area contributed by atoms with Gasteiger partial charge in [-0.1, -0.05) is 18.2 Å². The van der Waals surface area contributed by atoms with Gasteiger partial charge >= 0.3 is 0 Å². The monoisotopic (exact) mass is 236 g/mol. The lowest BCUT2D eigenvalue weighted by Crippen LogP contribution is -1.93. The number of rotatable bonds is 2. The summed E-state index contributed by atoms with van der Waals surface area (Å²) in [7, 11) is 0. The highest BCUT2D eigenvalue weighted by Gasteiger charge is 2.08. The van der Waals surface area contributed by atoms with Crippen LogP contribution in [0.15, 0.2) is 30.5 Å². The van der Waals surface area contributed by atoms with Gasteiger partial charge in [-0.2, -0.15) is 0 Å². The molecule has 1 aromatic heterocycles. The molecule has 3 nitrogen and oxygen atoms in total. The van der Waals surface area contributed by atoms with E-state index < -0.39 is 5.82 Å². The first-order valence-corrected chi connectivity index (χ1v) is 4.82. The Kier molecular flexibility index (Phi) is 2.92. The minimum absolute atomic E-state index is 0.0343. The summed E-state index contributed by atoms with van der Waals surface area (Å²) >= 11 is 5.58. The Hall–Kier alpha value is -1.81. The molecule has 16 heavy (non-hydrogen) atoms. The fraction of sp³-hybridized carbons (Fsp3) is 0. The van der Waals surface area contributed by atoms with Crippen molar-refractivity contribution in [1.82, 2.24) is 9.97 Å². The van der Waals surface area contributed by atoms with Gasteiger partial charge in [0, 0.05) is 11.1 Å². The molecule has 1 aromatic carbocycles. The lowest BCUT2D eigenvalue weighted by atomic mass is 10.1. The normalized spacial score (nSPS) is 10.1. The molecule has 80 valence electrons. The van der Waals surface area contributed by atoms with Crippen LogP contribution in [-0.2, 0) is 0 Å². The van der Waals surface area contributed by atoms with Gasteiger partial charge in [-0.15, -0.1) is 0 Å². The van der Waals surface area contributed by atoms with Crippen molar-refractivity contribution in [1.29, 1.82) is 0 Å². The van der Waals surface area contributed by atoms with E-state index in [4.69, 9.17) is 11.6 Å². The van der Waals surface area contributed by atoms with E-state index in [2.05, 4.69) is 9.97 Å². The summed E-state index contributed by atoms with van der Waals surface area (Å²) in [6.45, 7) is 0. The highest BCUT2D eigenvalue weighted by atomic mass is 35.5. The van der Waals surface area contributed by atoms with Crippen molar-refractivity contribution in [2.24, 2.45) is 0 Å². The van der Waals surface area contributed by atoms with E-state index in [0.717, 1.165) is 6.20 Å². The van der Waals surface area contributed by atoms with Crippen LogP contribution in [0.3, 0.4) is 0 Å². The maximum Gasteiger partial charge on any atom is 0.223 e. The molecule has 2 aromatic rings. The van der Waals surface area contributed by atoms with Crippen molar-refractivity contribution in [2.45, 2.75) is 0 Å². The molecule has 0 unspecified atom stereocenters. The maximum absolute atomic E-state index is 13.4. The molecule has 0 radical (unpaired) electrons. The van der Waals surface area contributed by atoms with E-state index in [9.17, 15) is 9.18 Å². The van der Waals surface area contributed by atoms with Gasteiger partial charge < -0.3 is 0 Å². The fourth-order valence-corrected chi connectivity index (χ4v) is 1.44. The zero-order valence-corrected chi connectivity index (χ0v) is 8.78. The van der Waals surface area contributed by atoms with Crippen molar-refractivity contribution in [3.05, 3.63) is 47.1 Å². The van der Waals surface area contributed by atoms with Crippen molar-refractivity contribution in [2.75, 3.05) is 0 Å². The number of aromatic nitrogens is 2. The number of aldehydes is 1. The molecule has 0 spiro atoms. The molecule has 0 saturated carbocycles. The van der Waals surface area contributed by atoms with Gasteiger partial charge in [0.2, 0.25) is 5.28 Å². The Morgan fingerprint density at radius 1 is 1.38 bits per heavy atom. The zero-order valence-electron chi connectivity index (χ0n) is 8.02. The SMILES string of the molecule is O=Cc1cccc(-c2nc(Cl)ncc2F)c1. The summed E-state index contributed by atoms with van der Waals surface area (Å²) in [6, 6.07) is 6.45. The first-order valence-electron chi connectivity index (χ1n) is 4.44. The fourth-order valence-electron chi connectivity index (χ4n) is 1.31. The minimum atomic E-state index is -0.576. The zero-order chi connectivity index (χ0) is 11.5. The Morgan fingerprint density at radius 3 is 2.94 bits per heavy atom. The highest BCUT2D eigenvalue weighted by molar-refractivity contribution is 6.28. The Bertz CT molecular complexity index is 545. The predicted molar refractivity (Wildman–Crippen MR) is 57.8 cm³/mol. The van der Waals surface area contributed by atoms with Crippen LogP contribution >= 0.6 is 11.6 Å². The Labute approximate surface area is 95.9 Å². The molecule has 0 amide bonds. The molecule has 0 fully saturated rings. The maximum atomic E-state index is 13.4. The summed E-state index contributed by atoms with van der Waals surface area (Å²) < 4.78 is 13.4. The third kappa shape index (κ3) is 2.06. The second-order valence-electron chi connectivity index (χ2n) is 3.08. The van der Waals surface area contributed by atoms with Crippen LogP contribution in [0.25, 0.3) is 11.3 Å². The summed E-state index contributed by atoms with van der Waals surface area (Å²) in [5.74, 6) is -0.576. The molecule has 0 saturated heterocycles. The van der Waals surface area contributed by atoms with Gasteiger partial charge in [-0.05, 0) is 17.7 Å². The lowest BCUT2D eigenvalue weighted by molar-refractivity contribution is 0.112. The number of halogens is 2. The first kappa shape index (κ1) is 10.7. The molecule has 0 aliphatic carbocycles. The quantitative estimate of drug-likeness (QED) is 0.595. The second kappa shape index (κ2) is 4.37. The first-order chi connectivity index (χ1) is 7.70. The third-order valence-corrected chi connectivity index (χ3v) is 2.19. The number of nitrogens with zero attached hydrogens (tertiary/aromatic N) is 2. The molecule has 0 aliphatic rings. The molecule has 0 atom stereocenters. The molecule has 5 heteroatoms. The third-order valence-electron chi connectivity index (χ3n) is 2.01. The van der Waals surface area contributed by atoms with Crippen LogP contribution in [0.4, 0.5) is 4.39 Å². The number of benzene rings is 1. The minimum Gasteiger partial charge on any atom is -0.298 e. The molecule has 2 rings (SSSR count). The number of carbonyl (C=O) groups is 1. The van der Waals surface area contributed by atoms with Crippen LogP contribution in [-0.4, -0.2) is 16.3 Å². The summed E-state index contributed by atoms with van der Waals surface area (Å²) in [4.78, 5) is 17.9. The van der Waals surface area contributed by atoms with E-state index in [-0.39, 0.29) is 11.0 Å². The van der Waals surface area contributed by atoms with E-state index in [1.165, 1.54) is 6.07 Å². The van der Waals surface area contributed by atoms with Crippen molar-refractivity contribution in [3.63, 3.8) is 0 Å². The largest absolute Gasteiger partial charge is 0.298 e. The second-order valence-corrected chi connectivity index (χ2v) is 3.42. The van der Waals surface area contributed by atoms with Gasteiger partial charge in [0.15, 0.2) is 5.82 Å². The topological polar surface area (TPSA) is 42.9 Å². The van der Waals surface area contributed by atoms with E-state index in [0.29, 0.717) is 17.4 Å². The van der Waals surface area contributed by atoms with Gasteiger partial charge in [-0.25, -0.2) is 14.4 Å². The Morgan fingerprint density at radius 2 is 2.19 bits per heavy atom. The molecule has 0 bridgehead atoms. The van der Waals surface area contributed by atoms with Gasteiger partial charge in [0.05, 0.1) is 6.20 Å². The van der Waals surface area contributed by atoms with Crippen molar-refractivity contribution < 1.29 is 9.18 Å². The lowest BCUT2D eigenvalue weighted by Gasteiger charge is -2.02. The molecular formula is C11H6ClFN2O. The van der Waals surface area contributed by atoms with Crippen LogP contribution < -0.4 is 0 Å². The standard InChI is InChI=1S/C11H6ClFN2O/c12-11-14-5-9(13)10(15-11)8-3-1-2-7(4-8)6-16/h1-6H. The number of hydrogen-bond acceptors (Lipinski definition) is 3. The number of hydrogen-bond donors (Lipinski definition) is 0. The van der Waals surface area contributed by atoms with Gasteiger partial charge in [0.1, 0.15) is 12.0 Å². The van der Waals surface area contributed by atoms with E-state index in [1.54, 1.807) is 18.2 Å². The van der Waals surface area contributed by atoms with Crippen molar-refractivity contribution in [3.8, 4) is 11.3 Å². The van der Waals surface area contributed by atoms with E-state index in [1.807, 2.05) is 0 Å². The van der Waals surface area contributed by atoms with Crippen LogP contribution in [0.5, 0.6) is 0 Å². The molecular weight excluding hydrogens is 231 g/mol. The predicted octanol–water partition coefficient (Wildman–Crippen LogP) is 2.75. The summed E-state index contributed by atoms with van der Waals surface area (Å²) in [5, 5.41) is -0.0343. The summed E-state index contributed by atoms with van der Waals surface area (Å²) in [5.41, 5.74) is 1.03. The van der Waals surface area contributed by atoms with Crippen LogP contribution in [0.2, 0.25) is 5.28 Å². The highest BCUT2D eigenvalue weighted by Crippen LogP contribution is 2.21. The Balaban J connectivity index is 2.57. The van der Waals surface area contributed by atoms with Gasteiger partial charge in [-0.3, -0.25) is 4.79 Å². The van der Waals surface area contributed by atoms with E-state index >= 15 is 0 Å². The van der Waals surface area contributed by atoms with Crippen LogP contribution in [0.1, 0.15) is 10.4 Å². The number of carbonyl (C=O) groups excluding carboxylic acids is 1. The molecule has 1 heterocycles. The smallest absolute Gasteiger partial charge is 0.223 e. The average Bonchev–Trinajstić information content (AvgIpc) is 2.32. The van der Waals surface area contributed by atoms with Crippen molar-refractivity contribution >= 4 is 17.9 Å². The average molecular weight is 237 g/mol. The van der Waals surface area contributed by atoms with Gasteiger partial charge in [0.25, 0.3) is 0 Å². The van der Waals surface area contributed by atoms with Crippen LogP contribution in [0, 0.1) is 5.82 Å².